The zero-order valence-electron chi connectivity index (χ0n) is 10.3. The monoisotopic (exact) mass is 254 g/mol. The molecule has 4 heteroatoms. The van der Waals surface area contributed by atoms with Crippen molar-refractivity contribution in [2.24, 2.45) is 5.73 Å². The minimum absolute atomic E-state index is 0.459. The standard InChI is InChI=1S/C13H22N2OS/c14-6-2-9-16-12-4-7-15(8-5-12)11-13-3-1-10-17-13/h1,3,10,12H,2,4-9,11,14H2. The van der Waals surface area contributed by atoms with Gasteiger partial charge in [0.25, 0.3) is 0 Å². The van der Waals surface area contributed by atoms with Gasteiger partial charge in [-0.15, -0.1) is 11.3 Å². The Morgan fingerprint density at radius 1 is 1.41 bits per heavy atom. The van der Waals surface area contributed by atoms with E-state index < -0.39 is 0 Å². The summed E-state index contributed by atoms with van der Waals surface area (Å²) in [5.41, 5.74) is 5.45. The molecule has 1 aliphatic rings. The second-order valence-electron chi connectivity index (χ2n) is 4.57. The maximum absolute atomic E-state index is 5.80. The number of likely N-dealkylation sites (tertiary alicyclic amines) is 1. The molecule has 96 valence electrons. The van der Waals surface area contributed by atoms with E-state index in [1.54, 1.807) is 0 Å². The largest absolute Gasteiger partial charge is 0.378 e. The smallest absolute Gasteiger partial charge is 0.0599 e. The molecular formula is C13H22N2OS. The average molecular weight is 254 g/mol. The number of ether oxygens (including phenoxy) is 1. The Kier molecular flexibility index (Phi) is 5.45. The Bertz CT molecular complexity index is 294. The zero-order chi connectivity index (χ0) is 11.9. The summed E-state index contributed by atoms with van der Waals surface area (Å²) in [7, 11) is 0. The predicted octanol–water partition coefficient (Wildman–Crippen LogP) is 2.08. The van der Waals surface area contributed by atoms with Gasteiger partial charge in [0.05, 0.1) is 6.10 Å². The Morgan fingerprint density at radius 2 is 2.24 bits per heavy atom. The minimum atomic E-state index is 0.459. The van der Waals surface area contributed by atoms with Gasteiger partial charge in [0.1, 0.15) is 0 Å². The second kappa shape index (κ2) is 7.11. The third-order valence-electron chi connectivity index (χ3n) is 3.20. The highest BCUT2D eigenvalue weighted by Crippen LogP contribution is 2.18. The summed E-state index contributed by atoms with van der Waals surface area (Å²) < 4.78 is 5.80. The molecule has 0 spiro atoms. The van der Waals surface area contributed by atoms with Crippen LogP contribution in [0, 0.1) is 0 Å². The van der Waals surface area contributed by atoms with Crippen LogP contribution in [0.3, 0.4) is 0 Å². The SMILES string of the molecule is NCCCOC1CCN(Cc2cccs2)CC1. The van der Waals surface area contributed by atoms with Crippen molar-refractivity contribution in [1.29, 1.82) is 0 Å². The van der Waals surface area contributed by atoms with Crippen molar-refractivity contribution in [2.75, 3.05) is 26.2 Å². The molecule has 1 aromatic heterocycles. The summed E-state index contributed by atoms with van der Waals surface area (Å²) in [6, 6.07) is 4.34. The van der Waals surface area contributed by atoms with Crippen LogP contribution in [0.25, 0.3) is 0 Å². The van der Waals surface area contributed by atoms with Crippen LogP contribution in [-0.2, 0) is 11.3 Å². The van der Waals surface area contributed by atoms with Gasteiger partial charge in [-0.05, 0) is 37.3 Å². The third kappa shape index (κ3) is 4.39. The molecule has 2 rings (SSSR count). The number of hydrogen-bond donors (Lipinski definition) is 1. The molecule has 17 heavy (non-hydrogen) atoms. The normalized spacial score (nSPS) is 18.6. The van der Waals surface area contributed by atoms with Crippen LogP contribution >= 0.6 is 11.3 Å². The number of nitrogens with two attached hydrogens (primary N) is 1. The number of hydrogen-bond acceptors (Lipinski definition) is 4. The lowest BCUT2D eigenvalue weighted by Gasteiger charge is -2.31. The molecule has 3 nitrogen and oxygen atoms in total. The molecule has 2 heterocycles. The van der Waals surface area contributed by atoms with Gasteiger partial charge in [-0.3, -0.25) is 4.90 Å². The van der Waals surface area contributed by atoms with Gasteiger partial charge in [0.2, 0.25) is 0 Å². The molecule has 1 aliphatic heterocycles. The summed E-state index contributed by atoms with van der Waals surface area (Å²) >= 11 is 1.85. The van der Waals surface area contributed by atoms with Gasteiger partial charge in [-0.25, -0.2) is 0 Å². The summed E-state index contributed by atoms with van der Waals surface area (Å²) in [5, 5.41) is 2.15. The maximum Gasteiger partial charge on any atom is 0.0599 e. The molecule has 1 saturated heterocycles. The minimum Gasteiger partial charge on any atom is -0.378 e. The van der Waals surface area contributed by atoms with E-state index in [0.29, 0.717) is 6.10 Å². The van der Waals surface area contributed by atoms with E-state index in [1.807, 2.05) is 11.3 Å². The Labute approximate surface area is 108 Å². The number of piperidine rings is 1. The van der Waals surface area contributed by atoms with E-state index in [9.17, 15) is 0 Å². The fourth-order valence-electron chi connectivity index (χ4n) is 2.19. The lowest BCUT2D eigenvalue weighted by molar-refractivity contribution is 0.00582. The highest BCUT2D eigenvalue weighted by molar-refractivity contribution is 7.09. The maximum atomic E-state index is 5.80. The second-order valence-corrected chi connectivity index (χ2v) is 5.60. The van der Waals surface area contributed by atoms with Crippen LogP contribution in [-0.4, -0.2) is 37.2 Å². The molecule has 0 radical (unpaired) electrons. The molecule has 2 N–H and O–H groups in total. The third-order valence-corrected chi connectivity index (χ3v) is 4.06. The van der Waals surface area contributed by atoms with Crippen LogP contribution in [0.2, 0.25) is 0 Å². The zero-order valence-corrected chi connectivity index (χ0v) is 11.1. The summed E-state index contributed by atoms with van der Waals surface area (Å²) in [4.78, 5) is 3.99. The van der Waals surface area contributed by atoms with Gasteiger partial charge in [0, 0.05) is 31.1 Å². The first kappa shape index (κ1) is 13.0. The van der Waals surface area contributed by atoms with Crippen molar-refractivity contribution < 1.29 is 4.74 Å². The molecule has 0 atom stereocenters. The fourth-order valence-corrected chi connectivity index (χ4v) is 2.94. The summed E-state index contributed by atoms with van der Waals surface area (Å²) in [6.07, 6.45) is 3.77. The van der Waals surface area contributed by atoms with Crippen molar-refractivity contribution in [1.82, 2.24) is 4.90 Å². The van der Waals surface area contributed by atoms with Crippen LogP contribution < -0.4 is 5.73 Å². The van der Waals surface area contributed by atoms with E-state index >= 15 is 0 Å². The Hall–Kier alpha value is -0.420. The number of nitrogens with zero attached hydrogens (tertiary/aromatic N) is 1. The lowest BCUT2D eigenvalue weighted by Crippen LogP contribution is -2.36. The van der Waals surface area contributed by atoms with Crippen LogP contribution in [0.4, 0.5) is 0 Å². The Balaban J connectivity index is 1.64. The molecular weight excluding hydrogens is 232 g/mol. The first-order valence-electron chi connectivity index (χ1n) is 6.45. The first-order chi connectivity index (χ1) is 8.38. The quantitative estimate of drug-likeness (QED) is 0.790. The van der Waals surface area contributed by atoms with E-state index in [4.69, 9.17) is 10.5 Å². The summed E-state index contributed by atoms with van der Waals surface area (Å²) in [5.74, 6) is 0. The van der Waals surface area contributed by atoms with Crippen molar-refractivity contribution in [2.45, 2.75) is 31.9 Å². The van der Waals surface area contributed by atoms with E-state index in [1.165, 1.54) is 4.88 Å². The van der Waals surface area contributed by atoms with E-state index in [0.717, 1.165) is 52.0 Å². The molecule has 1 aromatic rings. The fraction of sp³-hybridized carbons (Fsp3) is 0.692. The molecule has 1 fully saturated rings. The topological polar surface area (TPSA) is 38.5 Å². The van der Waals surface area contributed by atoms with Crippen LogP contribution in [0.1, 0.15) is 24.1 Å². The lowest BCUT2D eigenvalue weighted by atomic mass is 10.1. The van der Waals surface area contributed by atoms with Crippen molar-refractivity contribution >= 4 is 11.3 Å². The first-order valence-corrected chi connectivity index (χ1v) is 7.33. The Morgan fingerprint density at radius 3 is 2.88 bits per heavy atom. The molecule has 0 aliphatic carbocycles. The highest BCUT2D eigenvalue weighted by Gasteiger charge is 2.19. The molecule has 0 saturated carbocycles. The van der Waals surface area contributed by atoms with E-state index in [-0.39, 0.29) is 0 Å². The van der Waals surface area contributed by atoms with Crippen LogP contribution in [0.5, 0.6) is 0 Å². The van der Waals surface area contributed by atoms with Gasteiger partial charge in [-0.1, -0.05) is 6.07 Å². The predicted molar refractivity (Wildman–Crippen MR) is 72.2 cm³/mol. The van der Waals surface area contributed by atoms with E-state index in [2.05, 4.69) is 22.4 Å². The van der Waals surface area contributed by atoms with Gasteiger partial charge < -0.3 is 10.5 Å². The van der Waals surface area contributed by atoms with Crippen LogP contribution in [0.15, 0.2) is 17.5 Å². The van der Waals surface area contributed by atoms with Crippen molar-refractivity contribution in [3.63, 3.8) is 0 Å². The number of rotatable bonds is 6. The molecule has 0 bridgehead atoms. The van der Waals surface area contributed by atoms with Crippen molar-refractivity contribution in [3.8, 4) is 0 Å². The molecule has 0 aromatic carbocycles. The van der Waals surface area contributed by atoms with Gasteiger partial charge >= 0.3 is 0 Å². The summed E-state index contributed by atoms with van der Waals surface area (Å²) in [6.45, 7) is 4.98. The van der Waals surface area contributed by atoms with Gasteiger partial charge in [-0.2, -0.15) is 0 Å². The highest BCUT2D eigenvalue weighted by atomic mass is 32.1. The van der Waals surface area contributed by atoms with Crippen molar-refractivity contribution in [3.05, 3.63) is 22.4 Å². The number of thiophene rings is 1. The molecule has 0 amide bonds. The average Bonchev–Trinajstić information content (AvgIpc) is 2.85. The van der Waals surface area contributed by atoms with Gasteiger partial charge in [0.15, 0.2) is 0 Å². The molecule has 0 unspecified atom stereocenters.